The molecule has 29 heavy (non-hydrogen) atoms. The molecule has 0 saturated heterocycles. The van der Waals surface area contributed by atoms with Crippen molar-refractivity contribution >= 4 is 16.8 Å². The van der Waals surface area contributed by atoms with Crippen LogP contribution in [0.15, 0.2) is 53.3 Å². The van der Waals surface area contributed by atoms with Crippen molar-refractivity contribution in [2.24, 2.45) is 0 Å². The quantitative estimate of drug-likeness (QED) is 0.635. The number of methoxy groups -OCH3 is 1. The van der Waals surface area contributed by atoms with Crippen molar-refractivity contribution in [3.05, 3.63) is 75.6 Å². The first kappa shape index (κ1) is 20.6. The van der Waals surface area contributed by atoms with Gasteiger partial charge in [0.15, 0.2) is 0 Å². The number of carbonyl (C=O) groups excluding carboxylic acids is 1. The molecule has 6 nitrogen and oxygen atoms in total. The fraction of sp³-hybridized carbons (Fsp3) is 0.304. The highest BCUT2D eigenvalue weighted by molar-refractivity contribution is 5.95. The van der Waals surface area contributed by atoms with Gasteiger partial charge in [-0.25, -0.2) is 0 Å². The summed E-state index contributed by atoms with van der Waals surface area (Å²) in [5.41, 5.74) is 2.56. The maximum absolute atomic E-state index is 13.1. The molecule has 0 aliphatic heterocycles. The van der Waals surface area contributed by atoms with Crippen LogP contribution in [0, 0.1) is 6.92 Å². The Morgan fingerprint density at radius 1 is 1.14 bits per heavy atom. The molecule has 3 aromatic rings. The van der Waals surface area contributed by atoms with E-state index in [9.17, 15) is 9.59 Å². The standard InChI is InChI=1S/C23H26N2O4/c1-4-29-19-9-10-21-17(14-19)13-18(22(26)24-21)15-25(11-12-28-3)23(27)20-8-6-5-7-16(20)2/h5-10,13-14H,4,11-12,15H2,1-3H3,(H,24,26). The van der Waals surface area contributed by atoms with Crippen LogP contribution >= 0.6 is 0 Å². The molecule has 6 heteroatoms. The van der Waals surface area contributed by atoms with E-state index in [1.54, 1.807) is 18.1 Å². The number of aryl methyl sites for hydroxylation is 1. The van der Waals surface area contributed by atoms with Crippen molar-refractivity contribution < 1.29 is 14.3 Å². The highest BCUT2D eigenvalue weighted by Crippen LogP contribution is 2.20. The van der Waals surface area contributed by atoms with Crippen LogP contribution in [0.25, 0.3) is 10.9 Å². The number of aromatic nitrogens is 1. The van der Waals surface area contributed by atoms with E-state index in [1.807, 2.05) is 56.3 Å². The van der Waals surface area contributed by atoms with E-state index in [-0.39, 0.29) is 18.0 Å². The van der Waals surface area contributed by atoms with Crippen molar-refractivity contribution in [1.82, 2.24) is 9.88 Å². The number of H-pyrrole nitrogens is 1. The summed E-state index contributed by atoms with van der Waals surface area (Å²) in [5.74, 6) is 0.618. The number of pyridine rings is 1. The third-order valence-electron chi connectivity index (χ3n) is 4.79. The minimum atomic E-state index is -0.207. The second kappa shape index (κ2) is 9.39. The number of fused-ring (bicyclic) bond motifs is 1. The van der Waals surface area contributed by atoms with E-state index in [0.717, 1.165) is 22.2 Å². The molecule has 3 rings (SSSR count). The van der Waals surface area contributed by atoms with Gasteiger partial charge in [0.1, 0.15) is 5.75 Å². The van der Waals surface area contributed by atoms with Crippen LogP contribution in [0.3, 0.4) is 0 Å². The molecule has 0 spiro atoms. The second-order valence-corrected chi connectivity index (χ2v) is 6.84. The zero-order chi connectivity index (χ0) is 20.8. The van der Waals surface area contributed by atoms with Gasteiger partial charge in [0, 0.05) is 35.7 Å². The van der Waals surface area contributed by atoms with Crippen LogP contribution in [0.5, 0.6) is 5.75 Å². The lowest BCUT2D eigenvalue weighted by molar-refractivity contribution is 0.0679. The number of hydrogen-bond acceptors (Lipinski definition) is 4. The summed E-state index contributed by atoms with van der Waals surface area (Å²) in [6, 6.07) is 14.8. The Hall–Kier alpha value is -3.12. The molecule has 0 radical (unpaired) electrons. The van der Waals surface area contributed by atoms with Gasteiger partial charge >= 0.3 is 0 Å². The summed E-state index contributed by atoms with van der Waals surface area (Å²) in [7, 11) is 1.59. The molecular formula is C23H26N2O4. The summed E-state index contributed by atoms with van der Waals surface area (Å²) < 4.78 is 10.7. The predicted molar refractivity (Wildman–Crippen MR) is 114 cm³/mol. The zero-order valence-electron chi connectivity index (χ0n) is 17.0. The van der Waals surface area contributed by atoms with Gasteiger partial charge in [0.25, 0.3) is 11.5 Å². The van der Waals surface area contributed by atoms with Gasteiger partial charge in [-0.1, -0.05) is 18.2 Å². The van der Waals surface area contributed by atoms with E-state index in [2.05, 4.69) is 4.98 Å². The number of aromatic amines is 1. The van der Waals surface area contributed by atoms with Gasteiger partial charge in [0.05, 0.1) is 19.8 Å². The lowest BCUT2D eigenvalue weighted by Crippen LogP contribution is -2.35. The summed E-state index contributed by atoms with van der Waals surface area (Å²) in [6.45, 7) is 5.36. The molecule has 0 unspecified atom stereocenters. The largest absolute Gasteiger partial charge is 0.494 e. The average molecular weight is 394 g/mol. The number of amides is 1. The Kier molecular flexibility index (Phi) is 6.67. The summed E-state index contributed by atoms with van der Waals surface area (Å²) >= 11 is 0. The van der Waals surface area contributed by atoms with Crippen molar-refractivity contribution in [2.45, 2.75) is 20.4 Å². The van der Waals surface area contributed by atoms with Crippen LogP contribution in [0.1, 0.15) is 28.4 Å². The molecule has 0 bridgehead atoms. The molecule has 1 heterocycles. The van der Waals surface area contributed by atoms with Crippen LogP contribution in [0.2, 0.25) is 0 Å². The predicted octanol–water partition coefficient (Wildman–Crippen LogP) is 3.52. The number of nitrogens with zero attached hydrogens (tertiary/aromatic N) is 1. The lowest BCUT2D eigenvalue weighted by atomic mass is 10.1. The second-order valence-electron chi connectivity index (χ2n) is 6.84. The molecule has 0 aliphatic rings. The van der Waals surface area contributed by atoms with Crippen molar-refractivity contribution in [3.8, 4) is 5.75 Å². The summed E-state index contributed by atoms with van der Waals surface area (Å²) in [5, 5.41) is 0.862. The third kappa shape index (κ3) is 4.84. The number of ether oxygens (including phenoxy) is 2. The van der Waals surface area contributed by atoms with Crippen molar-refractivity contribution in [2.75, 3.05) is 26.9 Å². The fourth-order valence-corrected chi connectivity index (χ4v) is 3.25. The number of benzene rings is 2. The van der Waals surface area contributed by atoms with Gasteiger partial charge in [-0.2, -0.15) is 0 Å². The van der Waals surface area contributed by atoms with E-state index in [1.165, 1.54) is 0 Å². The zero-order valence-corrected chi connectivity index (χ0v) is 17.0. The highest BCUT2D eigenvalue weighted by Gasteiger charge is 2.19. The molecule has 0 aliphatic carbocycles. The van der Waals surface area contributed by atoms with E-state index in [0.29, 0.717) is 30.9 Å². The van der Waals surface area contributed by atoms with Crippen LogP contribution < -0.4 is 10.3 Å². The SMILES string of the molecule is CCOc1ccc2[nH]c(=O)c(CN(CCOC)C(=O)c3ccccc3C)cc2c1. The molecular weight excluding hydrogens is 368 g/mol. The topological polar surface area (TPSA) is 71.6 Å². The van der Waals surface area contributed by atoms with Crippen LogP contribution in [-0.4, -0.2) is 42.7 Å². The molecule has 0 saturated carbocycles. The fourth-order valence-electron chi connectivity index (χ4n) is 3.25. The maximum Gasteiger partial charge on any atom is 0.254 e. The molecule has 0 atom stereocenters. The summed E-state index contributed by atoms with van der Waals surface area (Å²) in [6.07, 6.45) is 0. The monoisotopic (exact) mass is 394 g/mol. The highest BCUT2D eigenvalue weighted by atomic mass is 16.5. The average Bonchev–Trinajstić information content (AvgIpc) is 2.71. The van der Waals surface area contributed by atoms with Gasteiger partial charge in [-0.15, -0.1) is 0 Å². The third-order valence-corrected chi connectivity index (χ3v) is 4.79. The Bertz CT molecular complexity index is 1060. The number of rotatable bonds is 8. The minimum absolute atomic E-state index is 0.122. The Balaban J connectivity index is 1.95. The van der Waals surface area contributed by atoms with Crippen LogP contribution in [0.4, 0.5) is 0 Å². The van der Waals surface area contributed by atoms with Gasteiger partial charge in [0.2, 0.25) is 0 Å². The van der Waals surface area contributed by atoms with Gasteiger partial charge < -0.3 is 19.4 Å². The first-order chi connectivity index (χ1) is 14.0. The number of hydrogen-bond donors (Lipinski definition) is 1. The van der Waals surface area contributed by atoms with Crippen LogP contribution in [-0.2, 0) is 11.3 Å². The van der Waals surface area contributed by atoms with Crippen molar-refractivity contribution in [3.63, 3.8) is 0 Å². The number of carbonyl (C=O) groups is 1. The van der Waals surface area contributed by atoms with E-state index in [4.69, 9.17) is 9.47 Å². The lowest BCUT2D eigenvalue weighted by Gasteiger charge is -2.23. The molecule has 0 fully saturated rings. The Labute approximate surface area is 170 Å². The molecule has 1 amide bonds. The Morgan fingerprint density at radius 3 is 2.66 bits per heavy atom. The maximum atomic E-state index is 13.1. The number of nitrogens with one attached hydrogen (secondary N) is 1. The molecule has 152 valence electrons. The first-order valence-electron chi connectivity index (χ1n) is 9.66. The van der Waals surface area contributed by atoms with Gasteiger partial charge in [-0.05, 0) is 49.7 Å². The molecule has 1 aromatic heterocycles. The smallest absolute Gasteiger partial charge is 0.254 e. The molecule has 2 aromatic carbocycles. The van der Waals surface area contributed by atoms with Crippen molar-refractivity contribution in [1.29, 1.82) is 0 Å². The van der Waals surface area contributed by atoms with E-state index < -0.39 is 0 Å². The van der Waals surface area contributed by atoms with E-state index >= 15 is 0 Å². The van der Waals surface area contributed by atoms with Gasteiger partial charge in [-0.3, -0.25) is 9.59 Å². The minimum Gasteiger partial charge on any atom is -0.494 e. The summed E-state index contributed by atoms with van der Waals surface area (Å²) in [4.78, 5) is 30.3. The molecule has 1 N–H and O–H groups in total. The first-order valence-corrected chi connectivity index (χ1v) is 9.66. The normalized spacial score (nSPS) is 10.9. The Morgan fingerprint density at radius 2 is 1.93 bits per heavy atom.